The number of carbonyl (C=O) groups is 2. The Morgan fingerprint density at radius 1 is 1.31 bits per heavy atom. The first kappa shape index (κ1) is 18.4. The van der Waals surface area contributed by atoms with E-state index in [1.165, 1.54) is 12.1 Å². The Bertz CT molecular complexity index is 823. The third kappa shape index (κ3) is 4.22. The molecule has 1 unspecified atom stereocenters. The lowest BCUT2D eigenvalue weighted by molar-refractivity contribution is -0.125. The van der Waals surface area contributed by atoms with Gasteiger partial charge in [-0.15, -0.1) is 0 Å². The normalized spacial score (nSPS) is 16.0. The van der Waals surface area contributed by atoms with E-state index in [4.69, 9.17) is 4.74 Å². The Hall–Kier alpha value is -2.41. The van der Waals surface area contributed by atoms with Crippen molar-refractivity contribution in [3.63, 3.8) is 0 Å². The van der Waals surface area contributed by atoms with E-state index >= 15 is 0 Å². The van der Waals surface area contributed by atoms with Crippen molar-refractivity contribution in [1.29, 1.82) is 0 Å². The molecule has 1 aliphatic rings. The summed E-state index contributed by atoms with van der Waals surface area (Å²) in [6.45, 7) is 2.16. The van der Waals surface area contributed by atoms with Gasteiger partial charge in [0.25, 0.3) is 5.91 Å². The summed E-state index contributed by atoms with van der Waals surface area (Å²) in [7, 11) is 0. The number of nitrogens with one attached hydrogen (secondary N) is 1. The van der Waals surface area contributed by atoms with E-state index < -0.39 is 6.10 Å². The van der Waals surface area contributed by atoms with E-state index in [9.17, 15) is 14.0 Å². The number of anilines is 1. The van der Waals surface area contributed by atoms with Crippen molar-refractivity contribution in [2.75, 3.05) is 11.4 Å². The zero-order chi connectivity index (χ0) is 18.7. The summed E-state index contributed by atoms with van der Waals surface area (Å²) in [5, 5.41) is 2.75. The standard InChI is InChI=1S/C19H18BrFN2O3/c1-12-19(25)23(16-4-2-3-5-17(16)26-12)7-6-18(24)22-11-13-8-14(20)10-15(21)9-13/h2-5,8-10,12H,6-7,11H2,1H3,(H,22,24). The summed E-state index contributed by atoms with van der Waals surface area (Å²) in [4.78, 5) is 26.1. The lowest BCUT2D eigenvalue weighted by Gasteiger charge is -2.32. The SMILES string of the molecule is CC1Oc2ccccc2N(CCC(=O)NCc2cc(F)cc(Br)c2)C1=O. The van der Waals surface area contributed by atoms with E-state index in [2.05, 4.69) is 21.2 Å². The molecule has 26 heavy (non-hydrogen) atoms. The highest BCUT2D eigenvalue weighted by molar-refractivity contribution is 9.10. The molecule has 1 N–H and O–H groups in total. The van der Waals surface area contributed by atoms with Gasteiger partial charge < -0.3 is 15.0 Å². The molecule has 3 rings (SSSR count). The predicted molar refractivity (Wildman–Crippen MR) is 99.4 cm³/mol. The molecule has 1 heterocycles. The molecule has 0 fully saturated rings. The van der Waals surface area contributed by atoms with Crippen LogP contribution in [-0.2, 0) is 16.1 Å². The van der Waals surface area contributed by atoms with Crippen molar-refractivity contribution in [3.8, 4) is 5.75 Å². The molecule has 7 heteroatoms. The van der Waals surface area contributed by atoms with Gasteiger partial charge in [-0.1, -0.05) is 28.1 Å². The Kier molecular flexibility index (Phi) is 5.56. The van der Waals surface area contributed by atoms with Gasteiger partial charge in [0.1, 0.15) is 11.6 Å². The number of rotatable bonds is 5. The summed E-state index contributed by atoms with van der Waals surface area (Å²) in [6, 6.07) is 11.7. The lowest BCUT2D eigenvalue weighted by Crippen LogP contribution is -2.45. The zero-order valence-electron chi connectivity index (χ0n) is 14.2. The van der Waals surface area contributed by atoms with Crippen LogP contribution in [0, 0.1) is 5.82 Å². The molecular weight excluding hydrogens is 403 g/mol. The maximum atomic E-state index is 13.4. The molecule has 2 aromatic carbocycles. The first-order chi connectivity index (χ1) is 12.4. The van der Waals surface area contributed by atoms with Gasteiger partial charge in [0.2, 0.25) is 5.91 Å². The Labute approximate surface area is 159 Å². The largest absolute Gasteiger partial charge is 0.479 e. The van der Waals surface area contributed by atoms with Crippen LogP contribution in [0.15, 0.2) is 46.9 Å². The van der Waals surface area contributed by atoms with Crippen LogP contribution in [0.2, 0.25) is 0 Å². The topological polar surface area (TPSA) is 58.6 Å². The van der Waals surface area contributed by atoms with Gasteiger partial charge in [0.15, 0.2) is 6.10 Å². The van der Waals surface area contributed by atoms with Gasteiger partial charge in [-0.25, -0.2) is 4.39 Å². The highest BCUT2D eigenvalue weighted by atomic mass is 79.9. The maximum Gasteiger partial charge on any atom is 0.267 e. The average molecular weight is 421 g/mol. The molecule has 0 aromatic heterocycles. The Morgan fingerprint density at radius 3 is 2.85 bits per heavy atom. The van der Waals surface area contributed by atoms with Crippen LogP contribution in [0.1, 0.15) is 18.9 Å². The number of hydrogen-bond acceptors (Lipinski definition) is 3. The van der Waals surface area contributed by atoms with E-state index in [0.717, 1.165) is 0 Å². The number of para-hydroxylation sites is 2. The fraction of sp³-hybridized carbons (Fsp3) is 0.263. The number of ether oxygens (including phenoxy) is 1. The summed E-state index contributed by atoms with van der Waals surface area (Å²) in [5.74, 6) is -0.127. The highest BCUT2D eigenvalue weighted by Crippen LogP contribution is 2.33. The molecule has 1 atom stereocenters. The number of carbonyl (C=O) groups excluding carboxylic acids is 2. The third-order valence-corrected chi connectivity index (χ3v) is 4.51. The quantitative estimate of drug-likeness (QED) is 0.805. The molecular formula is C19H18BrFN2O3. The van der Waals surface area contributed by atoms with Gasteiger partial charge in [-0.05, 0) is 42.8 Å². The maximum absolute atomic E-state index is 13.4. The van der Waals surface area contributed by atoms with Crippen molar-refractivity contribution in [2.24, 2.45) is 0 Å². The Morgan fingerprint density at radius 2 is 2.08 bits per heavy atom. The smallest absolute Gasteiger partial charge is 0.267 e. The fourth-order valence-electron chi connectivity index (χ4n) is 2.80. The van der Waals surface area contributed by atoms with E-state index in [1.807, 2.05) is 12.1 Å². The minimum absolute atomic E-state index is 0.142. The molecule has 0 spiro atoms. The van der Waals surface area contributed by atoms with Crippen LogP contribution in [-0.4, -0.2) is 24.5 Å². The molecule has 5 nitrogen and oxygen atoms in total. The van der Waals surface area contributed by atoms with Crippen LogP contribution < -0.4 is 15.0 Å². The average Bonchev–Trinajstić information content (AvgIpc) is 2.59. The summed E-state index contributed by atoms with van der Waals surface area (Å²) < 4.78 is 19.6. The zero-order valence-corrected chi connectivity index (χ0v) is 15.8. The second-order valence-electron chi connectivity index (χ2n) is 6.02. The molecule has 0 saturated carbocycles. The van der Waals surface area contributed by atoms with Crippen molar-refractivity contribution >= 4 is 33.4 Å². The van der Waals surface area contributed by atoms with Crippen molar-refractivity contribution in [3.05, 3.63) is 58.3 Å². The van der Waals surface area contributed by atoms with E-state index in [1.54, 1.807) is 30.0 Å². The Balaban J connectivity index is 1.59. The van der Waals surface area contributed by atoms with E-state index in [0.29, 0.717) is 21.5 Å². The minimum Gasteiger partial charge on any atom is -0.479 e. The monoisotopic (exact) mass is 420 g/mol. The first-order valence-electron chi connectivity index (χ1n) is 8.23. The number of nitrogens with zero attached hydrogens (tertiary/aromatic N) is 1. The third-order valence-electron chi connectivity index (χ3n) is 4.05. The van der Waals surface area contributed by atoms with Crippen molar-refractivity contribution in [1.82, 2.24) is 5.32 Å². The van der Waals surface area contributed by atoms with Crippen LogP contribution >= 0.6 is 15.9 Å². The molecule has 0 saturated heterocycles. The minimum atomic E-state index is -0.586. The van der Waals surface area contributed by atoms with Crippen LogP contribution in [0.4, 0.5) is 10.1 Å². The summed E-state index contributed by atoms with van der Waals surface area (Å²) in [6.07, 6.45) is -0.443. The number of fused-ring (bicyclic) bond motifs is 1. The van der Waals surface area contributed by atoms with Gasteiger partial charge >= 0.3 is 0 Å². The van der Waals surface area contributed by atoms with Gasteiger partial charge in [-0.3, -0.25) is 9.59 Å². The molecule has 136 valence electrons. The molecule has 1 aliphatic heterocycles. The van der Waals surface area contributed by atoms with Crippen LogP contribution in [0.25, 0.3) is 0 Å². The molecule has 0 radical (unpaired) electrons. The fourth-order valence-corrected chi connectivity index (χ4v) is 3.32. The van der Waals surface area contributed by atoms with Crippen LogP contribution in [0.5, 0.6) is 5.75 Å². The molecule has 2 aromatic rings. The lowest BCUT2D eigenvalue weighted by atomic mass is 10.1. The van der Waals surface area contributed by atoms with Crippen molar-refractivity contribution < 1.29 is 18.7 Å². The predicted octanol–water partition coefficient (Wildman–Crippen LogP) is 3.41. The highest BCUT2D eigenvalue weighted by Gasteiger charge is 2.31. The van der Waals surface area contributed by atoms with Gasteiger partial charge in [-0.2, -0.15) is 0 Å². The van der Waals surface area contributed by atoms with Gasteiger partial charge in [0.05, 0.1) is 5.69 Å². The summed E-state index contributed by atoms with van der Waals surface area (Å²) >= 11 is 3.22. The number of halogens is 2. The number of amides is 2. The molecule has 0 aliphatic carbocycles. The summed E-state index contributed by atoms with van der Waals surface area (Å²) in [5.41, 5.74) is 1.32. The van der Waals surface area contributed by atoms with Gasteiger partial charge in [0, 0.05) is 24.0 Å². The number of hydrogen-bond donors (Lipinski definition) is 1. The molecule has 0 bridgehead atoms. The van der Waals surface area contributed by atoms with Crippen LogP contribution in [0.3, 0.4) is 0 Å². The van der Waals surface area contributed by atoms with E-state index in [-0.39, 0.29) is 37.1 Å². The second-order valence-corrected chi connectivity index (χ2v) is 6.94. The first-order valence-corrected chi connectivity index (χ1v) is 9.02. The van der Waals surface area contributed by atoms with Crippen molar-refractivity contribution in [2.45, 2.75) is 26.0 Å². The molecule has 2 amide bonds. The number of benzene rings is 2. The second kappa shape index (κ2) is 7.86.